The van der Waals surface area contributed by atoms with E-state index in [4.69, 9.17) is 9.47 Å². The number of thioether (sulfide) groups is 1. The van der Waals surface area contributed by atoms with E-state index >= 15 is 0 Å². The molecule has 7 nitrogen and oxygen atoms in total. The standard InChI is InChI=1S/C39H39N3O4S/c1-27-35(26-47-36-12-5-6-21-40-36)45-38(46-37(27)32-15-13-29(25-43)14-16-32)33-19-17-31(18-20-33)34-11-7-10-30(22-34)24-42-39(44)41-23-28-8-3-2-4-9-28/h2-22,27,35,37-38,43H,23-26H2,1H3,(H2,41,42,44)/t27-,35+,37+,38+/m0/s1. The Morgan fingerprint density at radius 1 is 0.745 bits per heavy atom. The first kappa shape index (κ1) is 32.5. The molecule has 0 saturated carbocycles. The van der Waals surface area contributed by atoms with Crippen molar-refractivity contribution in [2.75, 3.05) is 5.75 Å². The van der Waals surface area contributed by atoms with E-state index in [9.17, 15) is 9.90 Å². The van der Waals surface area contributed by atoms with Gasteiger partial charge in [0, 0.05) is 36.5 Å². The number of carbonyl (C=O) groups is 1. The van der Waals surface area contributed by atoms with Crippen molar-refractivity contribution in [1.29, 1.82) is 0 Å². The summed E-state index contributed by atoms with van der Waals surface area (Å²) in [4.78, 5) is 16.8. The third-order valence-electron chi connectivity index (χ3n) is 8.35. The smallest absolute Gasteiger partial charge is 0.315 e. The lowest BCUT2D eigenvalue weighted by atomic mass is 9.91. The molecule has 2 heterocycles. The van der Waals surface area contributed by atoms with E-state index in [1.54, 1.807) is 11.8 Å². The molecule has 0 unspecified atom stereocenters. The number of nitrogens with zero attached hydrogens (tertiary/aromatic N) is 1. The molecule has 240 valence electrons. The maximum Gasteiger partial charge on any atom is 0.315 e. The zero-order valence-electron chi connectivity index (χ0n) is 26.3. The van der Waals surface area contributed by atoms with Gasteiger partial charge in [-0.3, -0.25) is 0 Å². The van der Waals surface area contributed by atoms with Gasteiger partial charge in [-0.25, -0.2) is 9.78 Å². The largest absolute Gasteiger partial charge is 0.392 e. The number of aliphatic hydroxyl groups is 1. The zero-order chi connectivity index (χ0) is 32.4. The van der Waals surface area contributed by atoms with Gasteiger partial charge in [0.05, 0.1) is 23.8 Å². The van der Waals surface area contributed by atoms with E-state index in [-0.39, 0.29) is 30.8 Å². The number of pyridine rings is 1. The normalized spacial score (nSPS) is 19.2. The molecule has 8 heteroatoms. The Bertz CT molecular complexity index is 1720. The van der Waals surface area contributed by atoms with E-state index in [0.29, 0.717) is 13.1 Å². The quantitative estimate of drug-likeness (QED) is 0.127. The number of hydrogen-bond acceptors (Lipinski definition) is 6. The predicted molar refractivity (Wildman–Crippen MR) is 185 cm³/mol. The second kappa shape index (κ2) is 15.9. The topological polar surface area (TPSA) is 92.7 Å². The SMILES string of the molecule is C[C@H]1[C@@H](CSc2ccccn2)O[C@@H](c2ccc(-c3cccc(CNC(=O)NCc4ccccc4)c3)cc2)O[C@H]1c1ccc(CO)cc1. The number of aromatic nitrogens is 1. The van der Waals surface area contributed by atoms with Gasteiger partial charge < -0.3 is 25.2 Å². The van der Waals surface area contributed by atoms with Gasteiger partial charge in [-0.1, -0.05) is 110 Å². The van der Waals surface area contributed by atoms with E-state index < -0.39 is 6.29 Å². The van der Waals surface area contributed by atoms with Crippen molar-refractivity contribution in [3.05, 3.63) is 155 Å². The molecule has 1 aliphatic heterocycles. The summed E-state index contributed by atoms with van der Waals surface area (Å²) in [7, 11) is 0. The summed E-state index contributed by atoms with van der Waals surface area (Å²) >= 11 is 1.68. The van der Waals surface area contributed by atoms with Crippen molar-refractivity contribution in [3.8, 4) is 11.1 Å². The minimum Gasteiger partial charge on any atom is -0.392 e. The molecule has 2 amide bonds. The summed E-state index contributed by atoms with van der Waals surface area (Å²) in [5, 5.41) is 16.4. The fraction of sp³-hybridized carbons (Fsp3) is 0.231. The highest BCUT2D eigenvalue weighted by atomic mass is 32.2. The van der Waals surface area contributed by atoms with Gasteiger partial charge in [0.25, 0.3) is 0 Å². The lowest BCUT2D eigenvalue weighted by Gasteiger charge is -2.41. The first-order valence-corrected chi connectivity index (χ1v) is 16.8. The van der Waals surface area contributed by atoms with Gasteiger partial charge in [0.15, 0.2) is 6.29 Å². The second-order valence-corrected chi connectivity index (χ2v) is 12.7. The van der Waals surface area contributed by atoms with Crippen LogP contribution in [0.25, 0.3) is 11.1 Å². The second-order valence-electron chi connectivity index (χ2n) is 11.6. The average Bonchev–Trinajstić information content (AvgIpc) is 3.14. The van der Waals surface area contributed by atoms with Crippen LogP contribution >= 0.6 is 11.8 Å². The molecule has 47 heavy (non-hydrogen) atoms. The third-order valence-corrected chi connectivity index (χ3v) is 9.38. The molecule has 0 aliphatic carbocycles. The summed E-state index contributed by atoms with van der Waals surface area (Å²) in [6.45, 7) is 3.08. The summed E-state index contributed by atoms with van der Waals surface area (Å²) in [5.74, 6) is 0.838. The van der Waals surface area contributed by atoms with Crippen molar-refractivity contribution in [2.24, 2.45) is 5.92 Å². The first-order valence-electron chi connectivity index (χ1n) is 15.8. The highest BCUT2D eigenvalue weighted by molar-refractivity contribution is 7.99. The number of ether oxygens (including phenoxy) is 2. The summed E-state index contributed by atoms with van der Waals surface area (Å²) in [6, 6.07) is 40.0. The molecule has 0 radical (unpaired) electrons. The minimum atomic E-state index is -0.540. The van der Waals surface area contributed by atoms with Crippen molar-refractivity contribution in [3.63, 3.8) is 0 Å². The van der Waals surface area contributed by atoms with Crippen LogP contribution in [-0.4, -0.2) is 28.0 Å². The van der Waals surface area contributed by atoms with Crippen LogP contribution in [0.15, 0.2) is 133 Å². The van der Waals surface area contributed by atoms with Crippen molar-refractivity contribution in [2.45, 2.75) is 50.1 Å². The molecule has 1 fully saturated rings. The monoisotopic (exact) mass is 645 g/mol. The van der Waals surface area contributed by atoms with Crippen LogP contribution in [0.4, 0.5) is 4.79 Å². The molecule has 0 spiro atoms. The molecule has 1 saturated heterocycles. The fourth-order valence-corrected chi connectivity index (χ4v) is 6.65. The lowest BCUT2D eigenvalue weighted by Crippen LogP contribution is -2.38. The van der Waals surface area contributed by atoms with Crippen molar-refractivity contribution in [1.82, 2.24) is 15.6 Å². The average molecular weight is 646 g/mol. The van der Waals surface area contributed by atoms with Crippen LogP contribution in [0.2, 0.25) is 0 Å². The van der Waals surface area contributed by atoms with Crippen LogP contribution in [0, 0.1) is 5.92 Å². The number of benzene rings is 4. The molecule has 6 rings (SSSR count). The van der Waals surface area contributed by atoms with Crippen LogP contribution in [0.1, 0.15) is 47.1 Å². The molecular weight excluding hydrogens is 607 g/mol. The van der Waals surface area contributed by atoms with Crippen molar-refractivity contribution < 1.29 is 19.4 Å². The van der Waals surface area contributed by atoms with Crippen LogP contribution in [0.5, 0.6) is 0 Å². The van der Waals surface area contributed by atoms with Crippen LogP contribution in [-0.2, 0) is 29.2 Å². The summed E-state index contributed by atoms with van der Waals surface area (Å²) < 4.78 is 13.3. The molecular formula is C39H39N3O4S. The fourth-order valence-electron chi connectivity index (χ4n) is 5.63. The maximum atomic E-state index is 12.4. The lowest BCUT2D eigenvalue weighted by molar-refractivity contribution is -0.268. The van der Waals surface area contributed by atoms with Crippen LogP contribution in [0.3, 0.4) is 0 Å². The number of carbonyl (C=O) groups excluding carboxylic acids is 1. The Morgan fingerprint density at radius 3 is 2.17 bits per heavy atom. The van der Waals surface area contributed by atoms with E-state index in [1.807, 2.05) is 91.1 Å². The van der Waals surface area contributed by atoms with Gasteiger partial charge in [-0.15, -0.1) is 11.8 Å². The Kier molecular flexibility index (Phi) is 11.0. The highest BCUT2D eigenvalue weighted by Gasteiger charge is 2.38. The van der Waals surface area contributed by atoms with E-state index in [0.717, 1.165) is 49.7 Å². The van der Waals surface area contributed by atoms with Crippen molar-refractivity contribution >= 4 is 17.8 Å². The number of rotatable bonds is 11. The Balaban J connectivity index is 1.13. The van der Waals surface area contributed by atoms with Gasteiger partial charge >= 0.3 is 6.03 Å². The third kappa shape index (κ3) is 8.67. The molecule has 3 N–H and O–H groups in total. The number of nitrogens with one attached hydrogen (secondary N) is 2. The van der Waals surface area contributed by atoms with E-state index in [2.05, 4.69) is 58.9 Å². The summed E-state index contributed by atoms with van der Waals surface area (Å²) in [6.07, 6.45) is 1.02. The molecule has 1 aromatic heterocycles. The number of urea groups is 1. The van der Waals surface area contributed by atoms with Crippen LogP contribution < -0.4 is 10.6 Å². The van der Waals surface area contributed by atoms with Gasteiger partial charge in [-0.05, 0) is 51.6 Å². The number of aliphatic hydroxyl groups excluding tert-OH is 1. The predicted octanol–water partition coefficient (Wildman–Crippen LogP) is 7.82. The zero-order valence-corrected chi connectivity index (χ0v) is 27.1. The maximum absolute atomic E-state index is 12.4. The Morgan fingerprint density at radius 2 is 1.45 bits per heavy atom. The summed E-state index contributed by atoms with van der Waals surface area (Å²) in [5.41, 5.74) is 7.06. The molecule has 5 aromatic rings. The first-order chi connectivity index (χ1) is 23.1. The minimum absolute atomic E-state index is 0.00624. The molecule has 1 aliphatic rings. The number of hydrogen-bond donors (Lipinski definition) is 3. The Labute approximate surface area is 280 Å². The molecule has 4 aromatic carbocycles. The molecule has 4 atom stereocenters. The highest BCUT2D eigenvalue weighted by Crippen LogP contribution is 2.43. The van der Waals surface area contributed by atoms with Gasteiger partial charge in [-0.2, -0.15) is 0 Å². The van der Waals surface area contributed by atoms with Gasteiger partial charge in [0.2, 0.25) is 0 Å². The van der Waals surface area contributed by atoms with Gasteiger partial charge in [0.1, 0.15) is 0 Å². The van der Waals surface area contributed by atoms with E-state index in [1.165, 1.54) is 0 Å². The Hall–Kier alpha value is -4.47. The number of amides is 2. The molecule has 0 bridgehead atoms.